The molecule has 0 aliphatic rings. The van der Waals surface area contributed by atoms with Crippen LogP contribution in [-0.4, -0.2) is 15.5 Å². The van der Waals surface area contributed by atoms with E-state index in [9.17, 15) is 4.79 Å². The number of rotatable bonds is 3. The number of aromatic nitrogens is 2. The fraction of sp³-hybridized carbons (Fsp3) is 0.167. The van der Waals surface area contributed by atoms with Gasteiger partial charge in [-0.2, -0.15) is 5.26 Å². The zero-order valence-electron chi connectivity index (χ0n) is 9.67. The number of nitriles is 1. The molecule has 0 fully saturated rings. The number of carbonyl (C=O) groups excluding carboxylic acids is 1. The molecule has 0 atom stereocenters. The van der Waals surface area contributed by atoms with Gasteiger partial charge in [0, 0.05) is 6.54 Å². The van der Waals surface area contributed by atoms with Gasteiger partial charge in [-0.3, -0.25) is 4.79 Å². The summed E-state index contributed by atoms with van der Waals surface area (Å²) in [4.78, 5) is 12.3. The summed E-state index contributed by atoms with van der Waals surface area (Å²) in [7, 11) is 0. The van der Waals surface area contributed by atoms with Crippen LogP contribution in [0, 0.1) is 18.3 Å². The molecule has 0 unspecified atom stereocenters. The van der Waals surface area contributed by atoms with E-state index >= 15 is 0 Å². The fourth-order valence-electron chi connectivity index (χ4n) is 1.40. The van der Waals surface area contributed by atoms with E-state index in [0.717, 1.165) is 17.1 Å². The van der Waals surface area contributed by atoms with E-state index in [1.807, 2.05) is 18.2 Å². The predicted molar refractivity (Wildman–Crippen MR) is 67.0 cm³/mol. The van der Waals surface area contributed by atoms with Gasteiger partial charge >= 0.3 is 0 Å². The molecule has 1 aromatic carbocycles. The summed E-state index contributed by atoms with van der Waals surface area (Å²) >= 11 is 1.08. The maximum atomic E-state index is 11.8. The minimum atomic E-state index is -0.174. The van der Waals surface area contributed by atoms with E-state index in [1.165, 1.54) is 0 Å². The molecule has 1 N–H and O–H groups in total. The molecule has 0 aliphatic heterocycles. The molecule has 18 heavy (non-hydrogen) atoms. The van der Waals surface area contributed by atoms with Crippen LogP contribution in [-0.2, 0) is 6.54 Å². The Kier molecular flexibility index (Phi) is 3.65. The first-order valence-electron chi connectivity index (χ1n) is 5.27. The second-order valence-electron chi connectivity index (χ2n) is 3.68. The van der Waals surface area contributed by atoms with Gasteiger partial charge in [0.25, 0.3) is 5.91 Å². The SMILES string of the molecule is Cc1nnsc1C(=O)NCc1ccc(C#N)cc1. The molecule has 0 aliphatic carbocycles. The minimum absolute atomic E-state index is 0.174. The van der Waals surface area contributed by atoms with E-state index in [1.54, 1.807) is 19.1 Å². The standard InChI is InChI=1S/C12H10N4OS/c1-8-11(18-16-15-8)12(17)14-7-10-4-2-9(6-13)3-5-10/h2-5H,7H2,1H3,(H,14,17). The van der Waals surface area contributed by atoms with Gasteiger partial charge in [0.2, 0.25) is 0 Å². The van der Waals surface area contributed by atoms with Crippen molar-refractivity contribution in [3.63, 3.8) is 0 Å². The summed E-state index contributed by atoms with van der Waals surface area (Å²) in [6, 6.07) is 9.13. The average Bonchev–Trinajstić information content (AvgIpc) is 2.83. The minimum Gasteiger partial charge on any atom is -0.347 e. The third kappa shape index (κ3) is 2.70. The molecule has 0 spiro atoms. The Morgan fingerprint density at radius 1 is 1.44 bits per heavy atom. The predicted octanol–water partition coefficient (Wildman–Crippen LogP) is 1.65. The van der Waals surface area contributed by atoms with Crippen LogP contribution in [0.15, 0.2) is 24.3 Å². The number of nitrogens with one attached hydrogen (secondary N) is 1. The summed E-state index contributed by atoms with van der Waals surface area (Å²) in [5.74, 6) is -0.174. The maximum absolute atomic E-state index is 11.8. The van der Waals surface area contributed by atoms with Crippen LogP contribution in [0.1, 0.15) is 26.5 Å². The first-order valence-corrected chi connectivity index (χ1v) is 6.04. The molecule has 0 radical (unpaired) electrons. The van der Waals surface area contributed by atoms with Crippen molar-refractivity contribution in [2.75, 3.05) is 0 Å². The molecule has 0 saturated heterocycles. The van der Waals surface area contributed by atoms with Crippen molar-refractivity contribution < 1.29 is 4.79 Å². The highest BCUT2D eigenvalue weighted by molar-refractivity contribution is 7.07. The van der Waals surface area contributed by atoms with Crippen molar-refractivity contribution >= 4 is 17.4 Å². The van der Waals surface area contributed by atoms with Crippen LogP contribution in [0.25, 0.3) is 0 Å². The molecule has 0 saturated carbocycles. The van der Waals surface area contributed by atoms with Crippen molar-refractivity contribution in [3.8, 4) is 6.07 Å². The summed E-state index contributed by atoms with van der Waals surface area (Å²) < 4.78 is 3.72. The summed E-state index contributed by atoms with van der Waals surface area (Å²) in [5.41, 5.74) is 2.18. The molecular weight excluding hydrogens is 248 g/mol. The van der Waals surface area contributed by atoms with E-state index < -0.39 is 0 Å². The Balaban J connectivity index is 1.97. The zero-order chi connectivity index (χ0) is 13.0. The van der Waals surface area contributed by atoms with Crippen LogP contribution in [0.2, 0.25) is 0 Å². The van der Waals surface area contributed by atoms with E-state index in [0.29, 0.717) is 22.7 Å². The van der Waals surface area contributed by atoms with Gasteiger partial charge in [-0.15, -0.1) is 5.10 Å². The fourth-order valence-corrected chi connectivity index (χ4v) is 1.97. The Labute approximate surface area is 108 Å². The van der Waals surface area contributed by atoms with Gasteiger partial charge in [0.05, 0.1) is 17.3 Å². The highest BCUT2D eigenvalue weighted by Crippen LogP contribution is 2.09. The first kappa shape index (κ1) is 12.2. The van der Waals surface area contributed by atoms with Crippen molar-refractivity contribution in [2.24, 2.45) is 0 Å². The number of nitrogens with zero attached hydrogens (tertiary/aromatic N) is 3. The molecule has 2 rings (SSSR count). The molecule has 1 heterocycles. The zero-order valence-corrected chi connectivity index (χ0v) is 10.5. The molecule has 6 heteroatoms. The second-order valence-corrected chi connectivity index (χ2v) is 4.43. The Morgan fingerprint density at radius 3 is 2.72 bits per heavy atom. The highest BCUT2D eigenvalue weighted by atomic mass is 32.1. The molecule has 90 valence electrons. The number of carbonyl (C=O) groups is 1. The molecule has 5 nitrogen and oxygen atoms in total. The van der Waals surface area contributed by atoms with Crippen LogP contribution in [0.5, 0.6) is 0 Å². The third-order valence-electron chi connectivity index (χ3n) is 2.39. The van der Waals surface area contributed by atoms with Gasteiger partial charge in [-0.05, 0) is 36.2 Å². The average molecular weight is 258 g/mol. The van der Waals surface area contributed by atoms with Gasteiger partial charge in [0.1, 0.15) is 4.88 Å². The molecule has 2 aromatic rings. The number of hydrogen-bond donors (Lipinski definition) is 1. The van der Waals surface area contributed by atoms with Gasteiger partial charge in [0.15, 0.2) is 0 Å². The smallest absolute Gasteiger partial charge is 0.265 e. The normalized spacial score (nSPS) is 9.78. The second kappa shape index (κ2) is 5.38. The van der Waals surface area contributed by atoms with Crippen molar-refractivity contribution in [1.82, 2.24) is 14.9 Å². The van der Waals surface area contributed by atoms with Gasteiger partial charge in [-0.25, -0.2) is 0 Å². The maximum Gasteiger partial charge on any atom is 0.265 e. The van der Waals surface area contributed by atoms with Gasteiger partial charge in [-0.1, -0.05) is 16.6 Å². The Bertz CT molecular complexity index is 597. The van der Waals surface area contributed by atoms with Crippen molar-refractivity contribution in [3.05, 3.63) is 46.0 Å². The van der Waals surface area contributed by atoms with Crippen LogP contribution < -0.4 is 5.32 Å². The monoisotopic (exact) mass is 258 g/mol. The largest absolute Gasteiger partial charge is 0.347 e. The number of benzene rings is 1. The summed E-state index contributed by atoms with van der Waals surface area (Å²) in [5, 5.41) is 15.2. The van der Waals surface area contributed by atoms with Crippen LogP contribution in [0.4, 0.5) is 0 Å². The van der Waals surface area contributed by atoms with E-state index in [-0.39, 0.29) is 5.91 Å². The molecule has 1 aromatic heterocycles. The lowest BCUT2D eigenvalue weighted by molar-refractivity contribution is 0.0954. The van der Waals surface area contributed by atoms with Crippen molar-refractivity contribution in [1.29, 1.82) is 5.26 Å². The number of hydrogen-bond acceptors (Lipinski definition) is 5. The van der Waals surface area contributed by atoms with Crippen LogP contribution in [0.3, 0.4) is 0 Å². The Morgan fingerprint density at radius 2 is 2.17 bits per heavy atom. The topological polar surface area (TPSA) is 78.7 Å². The van der Waals surface area contributed by atoms with Crippen molar-refractivity contribution in [2.45, 2.75) is 13.5 Å². The third-order valence-corrected chi connectivity index (χ3v) is 3.22. The molecule has 0 bridgehead atoms. The highest BCUT2D eigenvalue weighted by Gasteiger charge is 2.12. The first-order chi connectivity index (χ1) is 8.70. The molecular formula is C12H10N4OS. The van der Waals surface area contributed by atoms with E-state index in [4.69, 9.17) is 5.26 Å². The number of amides is 1. The lowest BCUT2D eigenvalue weighted by Gasteiger charge is -2.03. The summed E-state index contributed by atoms with van der Waals surface area (Å²) in [6.45, 7) is 2.17. The quantitative estimate of drug-likeness (QED) is 0.907. The van der Waals surface area contributed by atoms with Crippen LogP contribution >= 0.6 is 11.5 Å². The summed E-state index contributed by atoms with van der Waals surface area (Å²) in [6.07, 6.45) is 0. The number of aryl methyl sites for hydroxylation is 1. The van der Waals surface area contributed by atoms with E-state index in [2.05, 4.69) is 14.9 Å². The Hall–Kier alpha value is -2.26. The lowest BCUT2D eigenvalue weighted by Crippen LogP contribution is -2.22. The molecule has 1 amide bonds. The van der Waals surface area contributed by atoms with Gasteiger partial charge < -0.3 is 5.32 Å². The lowest BCUT2D eigenvalue weighted by atomic mass is 10.1.